The smallest absolute Gasteiger partial charge is 0.213 e. The molecule has 1 unspecified atom stereocenters. The molecule has 0 fully saturated rings. The number of sulfonamides is 1. The molecule has 14 heavy (non-hydrogen) atoms. The van der Waals surface area contributed by atoms with Crippen LogP contribution in [0.4, 0.5) is 0 Å². The molecule has 1 rings (SSSR count). The van der Waals surface area contributed by atoms with Crippen LogP contribution >= 0.6 is 0 Å². The molecule has 1 atom stereocenters. The molecule has 7 heteroatoms. The molecule has 1 heterocycles. The third-order valence-electron chi connectivity index (χ3n) is 2.02. The third kappa shape index (κ3) is 3.51. The maximum Gasteiger partial charge on any atom is 0.213 e. The van der Waals surface area contributed by atoms with Crippen LogP contribution < -0.4 is 15.8 Å². The Labute approximate surface area is 84.0 Å². The zero-order valence-corrected chi connectivity index (χ0v) is 8.97. The minimum absolute atomic E-state index is 0.282. The first-order chi connectivity index (χ1) is 6.50. The van der Waals surface area contributed by atoms with Gasteiger partial charge >= 0.3 is 0 Å². The molecule has 0 amide bonds. The van der Waals surface area contributed by atoms with Gasteiger partial charge in [-0.2, -0.15) is 0 Å². The second kappa shape index (κ2) is 4.61. The summed E-state index contributed by atoms with van der Waals surface area (Å²) in [6.07, 6.45) is 1.01. The molecule has 0 saturated carbocycles. The molecule has 0 aromatic heterocycles. The van der Waals surface area contributed by atoms with Crippen LogP contribution in [0.5, 0.6) is 0 Å². The third-order valence-corrected chi connectivity index (χ3v) is 3.30. The van der Waals surface area contributed by atoms with E-state index in [0.717, 1.165) is 19.5 Å². The second-order valence-electron chi connectivity index (χ2n) is 3.29. The molecule has 0 spiro atoms. The number of primary sulfonamides is 1. The van der Waals surface area contributed by atoms with Gasteiger partial charge in [-0.15, -0.1) is 0 Å². The summed E-state index contributed by atoms with van der Waals surface area (Å²) in [5.74, 6) is 0.659. The number of nitrogens with one attached hydrogen (secondary N) is 2. The van der Waals surface area contributed by atoms with E-state index in [1.165, 1.54) is 0 Å². The van der Waals surface area contributed by atoms with E-state index in [9.17, 15) is 8.42 Å². The van der Waals surface area contributed by atoms with Crippen molar-refractivity contribution < 1.29 is 8.42 Å². The van der Waals surface area contributed by atoms with Gasteiger partial charge in [0.1, 0.15) is 0 Å². The number of hydrogen-bond acceptors (Lipinski definition) is 5. The van der Waals surface area contributed by atoms with Crippen LogP contribution in [0, 0.1) is 0 Å². The van der Waals surface area contributed by atoms with E-state index in [1.807, 2.05) is 0 Å². The van der Waals surface area contributed by atoms with E-state index >= 15 is 0 Å². The molecule has 82 valence electrons. The fourth-order valence-corrected chi connectivity index (χ4v) is 1.32. The van der Waals surface area contributed by atoms with Gasteiger partial charge in [-0.05, 0) is 13.3 Å². The normalized spacial score (nSPS) is 19.4. The van der Waals surface area contributed by atoms with Crippen LogP contribution in [0.3, 0.4) is 0 Å². The van der Waals surface area contributed by atoms with Gasteiger partial charge in [0.2, 0.25) is 10.0 Å². The summed E-state index contributed by atoms with van der Waals surface area (Å²) in [5.41, 5.74) is 0. The zero-order chi connectivity index (χ0) is 10.6. The second-order valence-corrected chi connectivity index (χ2v) is 5.27. The summed E-state index contributed by atoms with van der Waals surface area (Å²) in [4.78, 5) is 4.14. The molecule has 1 aliphatic heterocycles. The standard InChI is InChI=1S/C7H16N4O2S/c1-6(14(8,12)13)5-11-7-9-3-2-4-10-7/h6H,2-5H2,1H3,(H2,8,12,13)(H2,9,10,11). The van der Waals surface area contributed by atoms with Gasteiger partial charge < -0.3 is 10.6 Å². The molecule has 0 aromatic rings. The van der Waals surface area contributed by atoms with Gasteiger partial charge in [0, 0.05) is 19.6 Å². The molecule has 0 aromatic carbocycles. The summed E-state index contributed by atoms with van der Waals surface area (Å²) in [6, 6.07) is 0. The first-order valence-electron chi connectivity index (χ1n) is 4.54. The highest BCUT2D eigenvalue weighted by Crippen LogP contribution is 1.93. The number of guanidine groups is 1. The van der Waals surface area contributed by atoms with Crippen LogP contribution in [-0.2, 0) is 10.0 Å². The molecule has 0 saturated heterocycles. The lowest BCUT2D eigenvalue weighted by molar-refractivity contribution is 0.581. The van der Waals surface area contributed by atoms with E-state index in [0.29, 0.717) is 5.96 Å². The quantitative estimate of drug-likeness (QED) is 0.545. The molecule has 0 bridgehead atoms. The Morgan fingerprint density at radius 2 is 2.43 bits per heavy atom. The monoisotopic (exact) mass is 220 g/mol. The van der Waals surface area contributed by atoms with Crippen LogP contribution in [0.1, 0.15) is 13.3 Å². The molecular weight excluding hydrogens is 204 g/mol. The Bertz CT molecular complexity index is 312. The molecular formula is C7H16N4O2S. The average molecular weight is 220 g/mol. The predicted octanol–water partition coefficient (Wildman–Crippen LogP) is -1.40. The lowest BCUT2D eigenvalue weighted by atomic mass is 10.4. The summed E-state index contributed by atoms with van der Waals surface area (Å²) in [7, 11) is -3.45. The summed E-state index contributed by atoms with van der Waals surface area (Å²) in [5, 5.41) is 10.3. The van der Waals surface area contributed by atoms with E-state index in [4.69, 9.17) is 5.14 Å². The van der Waals surface area contributed by atoms with Gasteiger partial charge in [0.15, 0.2) is 5.96 Å². The Morgan fingerprint density at radius 1 is 1.71 bits per heavy atom. The molecule has 4 N–H and O–H groups in total. The topological polar surface area (TPSA) is 96.6 Å². The van der Waals surface area contributed by atoms with E-state index in [2.05, 4.69) is 15.6 Å². The molecule has 1 aliphatic rings. The highest BCUT2D eigenvalue weighted by Gasteiger charge is 2.15. The lowest BCUT2D eigenvalue weighted by Crippen LogP contribution is -2.45. The average Bonchev–Trinajstić information content (AvgIpc) is 2.14. The number of rotatable bonds is 3. The first-order valence-corrected chi connectivity index (χ1v) is 6.15. The number of nitrogens with zero attached hydrogens (tertiary/aromatic N) is 1. The van der Waals surface area contributed by atoms with Crippen molar-refractivity contribution >= 4 is 16.0 Å². The minimum atomic E-state index is -3.45. The number of aliphatic imine (C=N–C) groups is 1. The van der Waals surface area contributed by atoms with Crippen molar-refractivity contribution in [3.8, 4) is 0 Å². The largest absolute Gasteiger partial charge is 0.356 e. The van der Waals surface area contributed by atoms with Gasteiger partial charge in [0.05, 0.1) is 5.25 Å². The first kappa shape index (κ1) is 11.3. The molecule has 6 nitrogen and oxygen atoms in total. The van der Waals surface area contributed by atoms with Crippen LogP contribution in [0.15, 0.2) is 4.99 Å². The number of nitrogens with two attached hydrogens (primary N) is 1. The SMILES string of the molecule is CC(CNC1=NCCCN1)S(N)(=O)=O. The maximum absolute atomic E-state index is 10.9. The maximum atomic E-state index is 10.9. The van der Waals surface area contributed by atoms with Crippen LogP contribution in [0.2, 0.25) is 0 Å². The van der Waals surface area contributed by atoms with Gasteiger partial charge in [-0.3, -0.25) is 4.99 Å². The summed E-state index contributed by atoms with van der Waals surface area (Å²) in [6.45, 7) is 3.49. The van der Waals surface area contributed by atoms with Crippen molar-refractivity contribution in [1.29, 1.82) is 0 Å². The predicted molar refractivity (Wildman–Crippen MR) is 55.5 cm³/mol. The van der Waals surface area contributed by atoms with Gasteiger partial charge in [-0.25, -0.2) is 13.6 Å². The highest BCUT2D eigenvalue weighted by molar-refractivity contribution is 7.89. The summed E-state index contributed by atoms with van der Waals surface area (Å²) < 4.78 is 21.8. The Balaban J connectivity index is 2.37. The highest BCUT2D eigenvalue weighted by atomic mass is 32.2. The zero-order valence-electron chi connectivity index (χ0n) is 8.16. The molecule has 0 aliphatic carbocycles. The van der Waals surface area contributed by atoms with Crippen molar-refractivity contribution in [2.24, 2.45) is 10.1 Å². The Kier molecular flexibility index (Phi) is 3.70. The molecule has 0 radical (unpaired) electrons. The fourth-order valence-electron chi connectivity index (χ4n) is 1.01. The van der Waals surface area contributed by atoms with Crippen LogP contribution in [0.25, 0.3) is 0 Å². The Hall–Kier alpha value is -0.820. The summed E-state index contributed by atoms with van der Waals surface area (Å²) >= 11 is 0. The van der Waals surface area contributed by atoms with Crippen molar-refractivity contribution in [1.82, 2.24) is 10.6 Å². The van der Waals surface area contributed by atoms with E-state index in [-0.39, 0.29) is 6.54 Å². The van der Waals surface area contributed by atoms with Gasteiger partial charge in [0.25, 0.3) is 0 Å². The minimum Gasteiger partial charge on any atom is -0.356 e. The van der Waals surface area contributed by atoms with E-state index in [1.54, 1.807) is 6.92 Å². The van der Waals surface area contributed by atoms with Crippen molar-refractivity contribution in [3.63, 3.8) is 0 Å². The van der Waals surface area contributed by atoms with Crippen molar-refractivity contribution in [3.05, 3.63) is 0 Å². The van der Waals surface area contributed by atoms with Crippen molar-refractivity contribution in [2.75, 3.05) is 19.6 Å². The number of hydrogen-bond donors (Lipinski definition) is 3. The van der Waals surface area contributed by atoms with E-state index < -0.39 is 15.3 Å². The fraction of sp³-hybridized carbons (Fsp3) is 0.857. The van der Waals surface area contributed by atoms with Gasteiger partial charge in [-0.1, -0.05) is 0 Å². The lowest BCUT2D eigenvalue weighted by Gasteiger charge is -2.17. The van der Waals surface area contributed by atoms with Crippen LogP contribution in [-0.4, -0.2) is 39.3 Å². The Morgan fingerprint density at radius 3 is 2.93 bits per heavy atom. The van der Waals surface area contributed by atoms with Crippen molar-refractivity contribution in [2.45, 2.75) is 18.6 Å².